The van der Waals surface area contributed by atoms with E-state index in [2.05, 4.69) is 16.9 Å². The van der Waals surface area contributed by atoms with Crippen LogP contribution in [-0.2, 0) is 26.7 Å². The van der Waals surface area contributed by atoms with Gasteiger partial charge < -0.3 is 10.1 Å². The molecule has 7 heteroatoms. The summed E-state index contributed by atoms with van der Waals surface area (Å²) in [5, 5.41) is 3.70. The van der Waals surface area contributed by atoms with Crippen LogP contribution in [0.15, 0.2) is 53.7 Å². The fourth-order valence-electron chi connectivity index (χ4n) is 2.75. The van der Waals surface area contributed by atoms with Crippen molar-refractivity contribution in [1.29, 1.82) is 0 Å². The van der Waals surface area contributed by atoms with Crippen LogP contribution in [0.25, 0.3) is 0 Å². The van der Waals surface area contributed by atoms with Crippen molar-refractivity contribution in [3.8, 4) is 0 Å². The zero-order chi connectivity index (χ0) is 21.3. The third-order valence-corrected chi connectivity index (χ3v) is 4.42. The molecule has 156 valence electrons. The minimum absolute atomic E-state index is 0. The number of rotatable bonds is 5. The molecule has 1 N–H and O–H groups in total. The maximum atomic E-state index is 12.7. The molecule has 3 aliphatic rings. The van der Waals surface area contributed by atoms with Gasteiger partial charge in [0.15, 0.2) is 0 Å². The first-order valence-electron chi connectivity index (χ1n) is 9.25. The Morgan fingerprint density at radius 3 is 2.10 bits per heavy atom. The fraction of sp³-hybridized carbons (Fsp3) is 0.0417. The van der Waals surface area contributed by atoms with Gasteiger partial charge in [-0.2, -0.15) is 0 Å². The predicted molar refractivity (Wildman–Crippen MR) is 120 cm³/mol. The van der Waals surface area contributed by atoms with Crippen molar-refractivity contribution < 1.29 is 26.7 Å². The van der Waals surface area contributed by atoms with Gasteiger partial charge in [0, 0.05) is 16.9 Å². The number of anilines is 1. The van der Waals surface area contributed by atoms with Crippen molar-refractivity contribution in [2.45, 2.75) is 0 Å². The van der Waals surface area contributed by atoms with Crippen molar-refractivity contribution >= 4 is 35.4 Å². The number of carbonyl (C=O) groups is 2. The fourth-order valence-corrected chi connectivity index (χ4v) is 2.88. The Balaban J connectivity index is 0.000000364. The largest absolute Gasteiger partial charge is 2.00 e. The summed E-state index contributed by atoms with van der Waals surface area (Å²) < 4.78 is 0. The van der Waals surface area contributed by atoms with Gasteiger partial charge in [-0.25, -0.2) is 9.89 Å². The van der Waals surface area contributed by atoms with Crippen LogP contribution in [0.1, 0.15) is 0 Å². The van der Waals surface area contributed by atoms with Gasteiger partial charge in [-0.3, -0.25) is 4.79 Å². The summed E-state index contributed by atoms with van der Waals surface area (Å²) in [6.07, 6.45) is 19.3. The van der Waals surface area contributed by atoms with Gasteiger partial charge in [-0.05, 0) is 81.7 Å². The van der Waals surface area contributed by atoms with Crippen LogP contribution < -0.4 is 10.2 Å². The summed E-state index contributed by atoms with van der Waals surface area (Å²) in [7, 11) is 0. The van der Waals surface area contributed by atoms with Crippen LogP contribution in [-0.4, -0.2) is 24.7 Å². The number of allylic oxidation sites excluding steroid dienone is 1. The normalized spacial score (nSPS) is 21.6. The quantitative estimate of drug-likeness (QED) is 0.307. The van der Waals surface area contributed by atoms with Crippen LogP contribution in [0.2, 0.25) is 5.02 Å². The van der Waals surface area contributed by atoms with E-state index in [4.69, 9.17) is 11.6 Å². The number of nitrogens with one attached hydrogen (secondary N) is 1. The van der Waals surface area contributed by atoms with Gasteiger partial charge in [0.1, 0.15) is 12.0 Å². The van der Waals surface area contributed by atoms with Crippen molar-refractivity contribution in [3.05, 3.63) is 117 Å². The van der Waals surface area contributed by atoms with E-state index >= 15 is 0 Å². The molecule has 0 bridgehead atoms. The number of guanidine groups is 1. The molecule has 31 heavy (non-hydrogen) atoms. The second kappa shape index (κ2) is 12.8. The Morgan fingerprint density at radius 2 is 1.58 bits per heavy atom. The number of amides is 1. The summed E-state index contributed by atoms with van der Waals surface area (Å²) in [5.41, 5.74) is 1.19. The molecule has 1 amide bonds. The van der Waals surface area contributed by atoms with Gasteiger partial charge in [0.25, 0.3) is 5.91 Å². The smallest absolute Gasteiger partial charge is 0.321 e. The number of aliphatic imine (C=N–C) groups is 1. The average molecular weight is 474 g/mol. The zero-order valence-corrected chi connectivity index (χ0v) is 18.4. The molecular formula is C24H20ClFeN3O2+2. The van der Waals surface area contributed by atoms with E-state index in [0.717, 1.165) is 18.1 Å². The second-order valence-corrected chi connectivity index (χ2v) is 6.74. The molecule has 3 fully saturated rings. The van der Waals surface area contributed by atoms with Gasteiger partial charge in [-0.15, -0.1) is 6.58 Å². The molecule has 2 saturated carbocycles. The molecule has 2 aliphatic carbocycles. The average Bonchev–Trinajstić information content (AvgIpc) is 3.51. The Hall–Kier alpha value is -1.88. The summed E-state index contributed by atoms with van der Waals surface area (Å²) in [6, 6.07) is 7.07. The number of benzene rings is 1. The van der Waals surface area contributed by atoms with Crippen LogP contribution in [0, 0.1) is 63.2 Å². The van der Waals surface area contributed by atoms with Crippen molar-refractivity contribution in [2.75, 3.05) is 11.4 Å². The van der Waals surface area contributed by atoms with Gasteiger partial charge >= 0.3 is 17.1 Å². The van der Waals surface area contributed by atoms with E-state index in [1.54, 1.807) is 43.2 Å². The SMILES string of the molecule is C=CCN=C1N/C(=C\[C]2[CH][CH][CH][CH]2)C(=O)N1c1ccc(Cl)cc1.O=C[C]1[CH][CH][CH][CH]1.[Fe+2]. The van der Waals surface area contributed by atoms with Crippen LogP contribution in [0.3, 0.4) is 0 Å². The molecule has 1 aliphatic heterocycles. The zero-order valence-electron chi connectivity index (χ0n) is 16.5. The Bertz CT molecular complexity index is 811. The number of hydrogen-bond donors (Lipinski definition) is 1. The third kappa shape index (κ3) is 7.06. The van der Waals surface area contributed by atoms with Crippen molar-refractivity contribution in [1.82, 2.24) is 5.32 Å². The molecular weight excluding hydrogens is 454 g/mol. The van der Waals surface area contributed by atoms with Crippen molar-refractivity contribution in [3.63, 3.8) is 0 Å². The van der Waals surface area contributed by atoms with E-state index in [9.17, 15) is 9.59 Å². The van der Waals surface area contributed by atoms with Gasteiger partial charge in [0.2, 0.25) is 5.96 Å². The molecule has 1 aromatic carbocycles. The maximum Gasteiger partial charge on any atom is 2.00 e. The minimum Gasteiger partial charge on any atom is -0.321 e. The predicted octanol–water partition coefficient (Wildman–Crippen LogP) is 3.70. The van der Waals surface area contributed by atoms with E-state index in [1.807, 2.05) is 44.6 Å². The monoisotopic (exact) mass is 473 g/mol. The summed E-state index contributed by atoms with van der Waals surface area (Å²) in [5.74, 6) is 2.04. The topological polar surface area (TPSA) is 61.8 Å². The minimum atomic E-state index is -0.156. The molecule has 0 spiro atoms. The van der Waals surface area contributed by atoms with E-state index < -0.39 is 0 Å². The van der Waals surface area contributed by atoms with E-state index in [1.165, 1.54) is 4.90 Å². The van der Waals surface area contributed by atoms with Crippen LogP contribution >= 0.6 is 11.6 Å². The van der Waals surface area contributed by atoms with Crippen LogP contribution in [0.5, 0.6) is 0 Å². The molecule has 0 atom stereocenters. The number of carbonyl (C=O) groups excluding carboxylic acids is 2. The Morgan fingerprint density at radius 1 is 1.00 bits per heavy atom. The summed E-state index contributed by atoms with van der Waals surface area (Å²) in [6.45, 7) is 4.08. The molecule has 0 unspecified atom stereocenters. The molecule has 4 rings (SSSR count). The van der Waals surface area contributed by atoms with E-state index in [-0.39, 0.29) is 23.0 Å². The summed E-state index contributed by atoms with van der Waals surface area (Å²) in [4.78, 5) is 28.5. The molecule has 1 heterocycles. The van der Waals surface area contributed by atoms with Gasteiger partial charge in [0.05, 0.1) is 12.2 Å². The Kier molecular flexibility index (Phi) is 10.5. The number of aldehydes is 1. The standard InChI is InChI=1S/C18H15ClN3O.C6H5O.Fe/c1-2-11-20-18-21-16(12-13-5-3-4-6-13)17(23)22(18)15-9-7-14(19)8-10-15;7-5-6-3-1-2-4-6;/h2-10,12H,1,11H2,(H,20,21);1-5H;/q;;+2/b16-12-;;. The third-order valence-electron chi connectivity index (χ3n) is 4.17. The second-order valence-electron chi connectivity index (χ2n) is 6.31. The number of nitrogens with zero attached hydrogens (tertiary/aromatic N) is 2. The first-order valence-corrected chi connectivity index (χ1v) is 9.63. The van der Waals surface area contributed by atoms with E-state index in [0.29, 0.717) is 28.9 Å². The molecule has 1 aromatic rings. The summed E-state index contributed by atoms with van der Waals surface area (Å²) >= 11 is 5.92. The molecule has 5 nitrogen and oxygen atoms in total. The maximum absolute atomic E-state index is 12.7. The molecule has 0 aromatic heterocycles. The van der Waals surface area contributed by atoms with Crippen LogP contribution in [0.4, 0.5) is 5.69 Å². The molecule has 10 radical (unpaired) electrons. The number of halogens is 1. The van der Waals surface area contributed by atoms with Crippen molar-refractivity contribution in [2.24, 2.45) is 4.99 Å². The first kappa shape index (κ1) is 25.4. The number of hydrogen-bond acceptors (Lipinski definition) is 3. The van der Waals surface area contributed by atoms with Gasteiger partial charge in [-0.1, -0.05) is 17.7 Å². The molecule has 1 saturated heterocycles. The Labute approximate surface area is 200 Å². The first-order chi connectivity index (χ1) is 14.6.